The average Bonchev–Trinajstić information content (AvgIpc) is 2.59. The molecule has 0 fully saturated rings. The van der Waals surface area contributed by atoms with Crippen molar-refractivity contribution in [3.8, 4) is 0 Å². The van der Waals surface area contributed by atoms with Gasteiger partial charge in [-0.05, 0) is 18.7 Å². The number of hydrogen-bond donors (Lipinski definition) is 0. The highest BCUT2D eigenvalue weighted by molar-refractivity contribution is 6.28. The van der Waals surface area contributed by atoms with Crippen molar-refractivity contribution >= 4 is 17.5 Å². The molecule has 2 amide bonds. The molecule has 1 heterocycles. The van der Waals surface area contributed by atoms with E-state index in [1.165, 1.54) is 12.2 Å². The van der Waals surface area contributed by atoms with Crippen molar-refractivity contribution in [2.75, 3.05) is 4.90 Å². The van der Waals surface area contributed by atoms with Crippen LogP contribution in [0, 0.1) is 0 Å². The molecule has 3 nitrogen and oxygen atoms in total. The van der Waals surface area contributed by atoms with Crippen LogP contribution in [-0.4, -0.2) is 11.8 Å². The number of carbonyl (C=O) groups is 2. The van der Waals surface area contributed by atoms with Crippen molar-refractivity contribution in [1.82, 2.24) is 0 Å². The van der Waals surface area contributed by atoms with Gasteiger partial charge >= 0.3 is 0 Å². The lowest BCUT2D eigenvalue weighted by Gasteiger charge is -2.12. The van der Waals surface area contributed by atoms with E-state index in [0.717, 1.165) is 4.90 Å². The van der Waals surface area contributed by atoms with Crippen LogP contribution in [0.3, 0.4) is 0 Å². The lowest BCUT2D eigenvalue weighted by atomic mass is 10.3. The number of halogens is 2. The standard InChI is InChI=1S/C10H7NO2.C2H2F2/c12-9-6-7-10(13)11(9)8-4-2-1-3-5-8;1-2(3)4/h1-7H;1H2. The van der Waals surface area contributed by atoms with Gasteiger partial charge in [0, 0.05) is 12.2 Å². The summed E-state index contributed by atoms with van der Waals surface area (Å²) in [6, 6.07) is 8.86. The Bertz CT molecular complexity index is 447. The van der Waals surface area contributed by atoms with Gasteiger partial charge < -0.3 is 0 Å². The largest absolute Gasteiger partial charge is 0.269 e. The molecule has 0 unspecified atom stereocenters. The predicted octanol–water partition coefficient (Wildman–Crippen LogP) is 2.51. The minimum absolute atomic E-state index is 0.281. The molecule has 0 N–H and O–H groups in total. The molecule has 0 spiro atoms. The summed E-state index contributed by atoms with van der Waals surface area (Å²) in [4.78, 5) is 23.5. The molecule has 17 heavy (non-hydrogen) atoms. The van der Waals surface area contributed by atoms with E-state index < -0.39 is 6.08 Å². The summed E-state index contributed by atoms with van der Waals surface area (Å²) in [6.45, 7) is 2.22. The van der Waals surface area contributed by atoms with Crippen molar-refractivity contribution in [1.29, 1.82) is 0 Å². The second kappa shape index (κ2) is 5.69. The molecule has 0 bridgehead atoms. The van der Waals surface area contributed by atoms with Gasteiger partial charge in [0.1, 0.15) is 0 Å². The molecule has 1 aromatic rings. The average molecular weight is 237 g/mol. The highest BCUT2D eigenvalue weighted by Gasteiger charge is 2.24. The molecule has 0 saturated carbocycles. The number of benzene rings is 1. The SMILES string of the molecule is C=C(F)F.O=C1C=CC(=O)N1c1ccccc1. The third kappa shape index (κ3) is 3.64. The molecule has 1 aliphatic rings. The van der Waals surface area contributed by atoms with Crippen LogP contribution in [0.5, 0.6) is 0 Å². The molecule has 2 rings (SSSR count). The van der Waals surface area contributed by atoms with Crippen molar-refractivity contribution < 1.29 is 18.4 Å². The molecule has 0 atom stereocenters. The van der Waals surface area contributed by atoms with Crippen molar-refractivity contribution in [3.05, 3.63) is 55.1 Å². The number of amides is 2. The molecule has 88 valence electrons. The van der Waals surface area contributed by atoms with Crippen LogP contribution in [0.25, 0.3) is 0 Å². The van der Waals surface area contributed by atoms with Crippen LogP contribution in [0.15, 0.2) is 55.1 Å². The van der Waals surface area contributed by atoms with Gasteiger partial charge in [-0.15, -0.1) is 0 Å². The molecular formula is C12H9F2NO2. The van der Waals surface area contributed by atoms with Gasteiger partial charge in [-0.3, -0.25) is 9.59 Å². The maximum absolute atomic E-state index is 11.2. The Morgan fingerprint density at radius 2 is 1.41 bits per heavy atom. The number of rotatable bonds is 1. The Labute approximate surface area is 96.7 Å². The lowest BCUT2D eigenvalue weighted by molar-refractivity contribution is -0.119. The minimum Gasteiger partial charge on any atom is -0.269 e. The van der Waals surface area contributed by atoms with Crippen molar-refractivity contribution in [3.63, 3.8) is 0 Å². The summed E-state index contributed by atoms with van der Waals surface area (Å²) < 4.78 is 20.3. The minimum atomic E-state index is -1.83. The molecule has 1 aliphatic heterocycles. The van der Waals surface area contributed by atoms with Crippen LogP contribution in [0.4, 0.5) is 14.5 Å². The Kier molecular flexibility index (Phi) is 4.28. The quantitative estimate of drug-likeness (QED) is 0.704. The molecule has 0 aliphatic carbocycles. The van der Waals surface area contributed by atoms with Crippen LogP contribution in [0.2, 0.25) is 0 Å². The number of carbonyl (C=O) groups excluding carboxylic acids is 2. The van der Waals surface area contributed by atoms with Crippen LogP contribution in [-0.2, 0) is 9.59 Å². The van der Waals surface area contributed by atoms with E-state index in [9.17, 15) is 18.4 Å². The van der Waals surface area contributed by atoms with E-state index in [0.29, 0.717) is 5.69 Å². The van der Waals surface area contributed by atoms with Gasteiger partial charge in [0.2, 0.25) is 0 Å². The van der Waals surface area contributed by atoms with Crippen LogP contribution in [0.1, 0.15) is 0 Å². The van der Waals surface area contributed by atoms with Gasteiger partial charge in [-0.1, -0.05) is 18.2 Å². The lowest BCUT2D eigenvalue weighted by Crippen LogP contribution is -2.29. The number of anilines is 1. The Hall–Kier alpha value is -2.30. The van der Waals surface area contributed by atoms with E-state index in [1.54, 1.807) is 24.3 Å². The fourth-order valence-electron chi connectivity index (χ4n) is 1.23. The maximum Gasteiger partial charge on any atom is 0.263 e. The fraction of sp³-hybridized carbons (Fsp3) is 0. The topological polar surface area (TPSA) is 37.4 Å². The molecule has 0 saturated heterocycles. The van der Waals surface area contributed by atoms with E-state index in [-0.39, 0.29) is 11.8 Å². The second-order valence-electron chi connectivity index (χ2n) is 3.02. The molecule has 1 aromatic carbocycles. The number of hydrogen-bond acceptors (Lipinski definition) is 2. The first kappa shape index (κ1) is 12.8. The number of nitrogens with zero attached hydrogens (tertiary/aromatic N) is 1. The first-order valence-electron chi connectivity index (χ1n) is 4.63. The summed E-state index contributed by atoms with van der Waals surface area (Å²) in [5.41, 5.74) is 0.613. The van der Waals surface area contributed by atoms with Crippen molar-refractivity contribution in [2.45, 2.75) is 0 Å². The number of para-hydroxylation sites is 1. The second-order valence-corrected chi connectivity index (χ2v) is 3.02. The zero-order valence-corrected chi connectivity index (χ0v) is 8.77. The maximum atomic E-state index is 11.2. The van der Waals surface area contributed by atoms with E-state index in [1.807, 2.05) is 6.07 Å². The third-order valence-electron chi connectivity index (χ3n) is 1.82. The summed E-state index contributed by atoms with van der Waals surface area (Å²) in [6.07, 6.45) is 0.713. The molecule has 0 radical (unpaired) electrons. The zero-order chi connectivity index (χ0) is 12.8. The van der Waals surface area contributed by atoms with Gasteiger partial charge in [0.05, 0.1) is 5.69 Å². The first-order valence-corrected chi connectivity index (χ1v) is 4.63. The Morgan fingerprint density at radius 1 is 1.00 bits per heavy atom. The zero-order valence-electron chi connectivity index (χ0n) is 8.77. The summed E-state index contributed by atoms with van der Waals surface area (Å²) in [5.74, 6) is -0.563. The summed E-state index contributed by atoms with van der Waals surface area (Å²) in [5, 5.41) is 0. The summed E-state index contributed by atoms with van der Waals surface area (Å²) >= 11 is 0. The molecule has 0 aromatic heterocycles. The van der Waals surface area contributed by atoms with E-state index >= 15 is 0 Å². The summed E-state index contributed by atoms with van der Waals surface area (Å²) in [7, 11) is 0. The monoisotopic (exact) mass is 237 g/mol. The Morgan fingerprint density at radius 3 is 1.82 bits per heavy atom. The van der Waals surface area contributed by atoms with Gasteiger partial charge in [-0.25, -0.2) is 4.90 Å². The fourth-order valence-corrected chi connectivity index (χ4v) is 1.23. The van der Waals surface area contributed by atoms with Crippen molar-refractivity contribution in [2.24, 2.45) is 0 Å². The van der Waals surface area contributed by atoms with E-state index in [4.69, 9.17) is 0 Å². The van der Waals surface area contributed by atoms with Gasteiger partial charge in [-0.2, -0.15) is 8.78 Å². The number of imide groups is 1. The Balaban J connectivity index is 0.000000317. The smallest absolute Gasteiger partial charge is 0.263 e. The van der Waals surface area contributed by atoms with Gasteiger partial charge in [0.15, 0.2) is 0 Å². The normalized spacial score (nSPS) is 13.4. The van der Waals surface area contributed by atoms with Crippen LogP contribution >= 0.6 is 0 Å². The molecular weight excluding hydrogens is 228 g/mol. The highest BCUT2D eigenvalue weighted by atomic mass is 19.3. The highest BCUT2D eigenvalue weighted by Crippen LogP contribution is 2.17. The first-order chi connectivity index (χ1) is 8.02. The van der Waals surface area contributed by atoms with Gasteiger partial charge in [0.25, 0.3) is 17.9 Å². The molecule has 5 heteroatoms. The third-order valence-corrected chi connectivity index (χ3v) is 1.82. The van der Waals surface area contributed by atoms with E-state index in [2.05, 4.69) is 6.58 Å². The predicted molar refractivity (Wildman–Crippen MR) is 59.4 cm³/mol. The van der Waals surface area contributed by atoms with Crippen LogP contribution < -0.4 is 4.90 Å².